The SMILES string of the molecule is COC(=O)C(C(C)=O)C(NC(=O)OCc1ccccc1)c1ccccc1.COC(=O)CC(C)=O.O=C(N=Cc1ccccc1)OCc1ccccc1.O=S(=O)(O)c1ccc2c(c1[C@H]1c3ccccc3CC[C@H]1S(=O)(=O)O)CCCC2.c1ccc(-c2cccc(-c3ccccc3)n2)cc1. The van der Waals surface area contributed by atoms with E-state index < -0.39 is 73.3 Å². The monoisotopic (exact) mass is 1360 g/mol. The molecule has 2 amide bonds. The van der Waals surface area contributed by atoms with Gasteiger partial charge in [0.05, 0.1) is 41.8 Å². The highest BCUT2D eigenvalue weighted by atomic mass is 32.2. The fraction of sp³-hybridized carbons (Fsp3) is 0.221. The molecule has 0 aliphatic heterocycles. The zero-order chi connectivity index (χ0) is 70.5. The first kappa shape index (κ1) is 74.8. The number of hydrogen-bond acceptors (Lipinski definition) is 15. The number of esters is 2. The average molecular weight is 1360 g/mol. The fourth-order valence-electron chi connectivity index (χ4n) is 11.0. The van der Waals surface area contributed by atoms with Crippen LogP contribution in [0, 0.1) is 5.92 Å². The molecule has 2 unspecified atom stereocenters. The average Bonchev–Trinajstić information content (AvgIpc) is 0.736. The van der Waals surface area contributed by atoms with Gasteiger partial charge in [0.25, 0.3) is 20.2 Å². The number of aliphatic imine (C=N–C) groups is 1. The summed E-state index contributed by atoms with van der Waals surface area (Å²) in [5.74, 6) is -3.77. The van der Waals surface area contributed by atoms with E-state index in [9.17, 15) is 54.7 Å². The van der Waals surface area contributed by atoms with Crippen molar-refractivity contribution in [2.45, 2.75) is 94.1 Å². The van der Waals surface area contributed by atoms with Gasteiger partial charge in [-0.25, -0.2) is 14.6 Å². The lowest BCUT2D eigenvalue weighted by Crippen LogP contribution is -2.40. The zero-order valence-electron chi connectivity index (χ0n) is 54.6. The highest BCUT2D eigenvalue weighted by Crippen LogP contribution is 2.45. The van der Waals surface area contributed by atoms with Crippen LogP contribution in [-0.4, -0.2) is 92.3 Å². The van der Waals surface area contributed by atoms with Gasteiger partial charge in [0.1, 0.15) is 37.1 Å². The number of aromatic nitrogens is 1. The minimum absolute atomic E-state index is 0.0805. The van der Waals surface area contributed by atoms with Crippen LogP contribution in [0.5, 0.6) is 0 Å². The lowest BCUT2D eigenvalue weighted by atomic mass is 9.74. The van der Waals surface area contributed by atoms with Crippen molar-refractivity contribution in [1.29, 1.82) is 0 Å². The molecule has 4 atom stereocenters. The highest BCUT2D eigenvalue weighted by molar-refractivity contribution is 7.86. The molecule has 8 aromatic carbocycles. The van der Waals surface area contributed by atoms with Crippen LogP contribution in [0.15, 0.2) is 246 Å². The number of hydrogen-bond donors (Lipinski definition) is 3. The van der Waals surface area contributed by atoms with Crippen molar-refractivity contribution in [3.63, 3.8) is 0 Å². The molecule has 0 saturated heterocycles. The standard InChI is InChI=1S/C20H21NO5.C20H22O6S2.C17H13N.C15H13NO2.C5H8O3/c1-14(22)17(19(23)25-2)18(16-11-7-4-8-12-16)21-20(24)26-13-15-9-5-3-6-10-15;21-27(22,23)17-11-9-13-5-1-3-7-15(13)19(17)20-16-8-4-2-6-14(16)10-12-18(20)28(24,25)26;1-3-8-14(9-4-1)16-12-7-13-17(18-16)15-10-5-2-6-11-15;17-15(16-11-13-7-3-1-4-8-13)18-12-14-9-5-2-6-10-14;1-4(6)3-5(7)8-2/h3-12,17-18H,13H2,1-2H3,(H,21,24);1,3,5,7,10,12,17,19H,2,4,6,8-9,11H2,(H,21,22,23)(H,24,25,26);1-13H;1-11H,12H2;3H2,1-2H3/t;17-,19+;;;/m.1.../s1. The molecule has 0 bridgehead atoms. The largest absolute Gasteiger partial charge is 0.469 e. The molecule has 0 saturated carbocycles. The minimum atomic E-state index is -4.56. The third-order valence-corrected chi connectivity index (χ3v) is 17.9. The minimum Gasteiger partial charge on any atom is -0.469 e. The zero-order valence-corrected chi connectivity index (χ0v) is 56.2. The molecule has 0 radical (unpaired) electrons. The van der Waals surface area contributed by atoms with E-state index in [1.165, 1.54) is 40.3 Å². The Bertz CT molecular complexity index is 4300. The van der Waals surface area contributed by atoms with Gasteiger partial charge in [-0.05, 0) is 121 Å². The number of nitrogens with zero attached hydrogens (tertiary/aromatic N) is 2. The van der Waals surface area contributed by atoms with E-state index in [0.29, 0.717) is 29.5 Å². The number of Topliss-reactive ketones (excluding diaryl/α,β-unsaturated/α-hetero) is 2. The Morgan fingerprint density at radius 3 is 1.59 bits per heavy atom. The number of carbonyl (C=O) groups excluding carboxylic acids is 6. The molecular weight excluding hydrogens is 1290 g/mol. The van der Waals surface area contributed by atoms with Crippen molar-refractivity contribution in [2.24, 2.45) is 10.9 Å². The maximum absolute atomic E-state index is 12.3. The van der Waals surface area contributed by atoms with Crippen LogP contribution in [-0.2, 0) is 90.8 Å². The van der Waals surface area contributed by atoms with Crippen LogP contribution in [0.1, 0.15) is 102 Å². The number of rotatable bonds is 17. The number of alkyl carbamates (subject to hydrolysis) is 1. The molecule has 19 nitrogen and oxygen atoms in total. The first-order valence-corrected chi connectivity index (χ1v) is 34.3. The number of carbonyl (C=O) groups is 6. The summed E-state index contributed by atoms with van der Waals surface area (Å²) < 4.78 is 87.9. The van der Waals surface area contributed by atoms with Gasteiger partial charge in [0, 0.05) is 23.3 Å². The molecule has 2 aliphatic rings. The summed E-state index contributed by atoms with van der Waals surface area (Å²) in [5.41, 5.74) is 11.3. The fourth-order valence-corrected chi connectivity index (χ4v) is 12.9. The summed E-state index contributed by atoms with van der Waals surface area (Å²) in [5, 5.41) is 1.46. The molecular formula is C77H77N3O16S2. The van der Waals surface area contributed by atoms with E-state index in [-0.39, 0.29) is 36.7 Å². The van der Waals surface area contributed by atoms with E-state index in [0.717, 1.165) is 75.2 Å². The normalized spacial score (nSPS) is 14.2. The Kier molecular flexibility index (Phi) is 28.7. The molecule has 1 aromatic heterocycles. The van der Waals surface area contributed by atoms with Crippen LogP contribution in [0.25, 0.3) is 22.5 Å². The number of pyridine rings is 1. The Balaban J connectivity index is 0.000000180. The van der Waals surface area contributed by atoms with E-state index >= 15 is 0 Å². The lowest BCUT2D eigenvalue weighted by Gasteiger charge is -2.35. The number of fused-ring (bicyclic) bond motifs is 2. The van der Waals surface area contributed by atoms with Crippen molar-refractivity contribution in [1.82, 2.24) is 10.3 Å². The number of ether oxygens (including phenoxy) is 4. The predicted octanol–water partition coefficient (Wildman–Crippen LogP) is 14.2. The molecule has 2 aliphatic carbocycles. The summed E-state index contributed by atoms with van der Waals surface area (Å²) in [6.07, 6.45) is 3.97. The van der Waals surface area contributed by atoms with Gasteiger partial charge >= 0.3 is 24.1 Å². The smallest absolute Gasteiger partial charge is 0.433 e. The third kappa shape index (κ3) is 23.1. The molecule has 21 heteroatoms. The van der Waals surface area contributed by atoms with Crippen LogP contribution >= 0.6 is 0 Å². The predicted molar refractivity (Wildman–Crippen MR) is 373 cm³/mol. The number of nitrogens with one attached hydrogen (secondary N) is 1. The summed E-state index contributed by atoms with van der Waals surface area (Å²) in [6, 6.07) is 73.0. The molecule has 3 N–H and O–H groups in total. The molecule has 98 heavy (non-hydrogen) atoms. The molecule has 0 fully saturated rings. The number of benzene rings is 8. The van der Waals surface area contributed by atoms with Gasteiger partial charge in [-0.15, -0.1) is 0 Å². The Labute approximate surface area is 571 Å². The Hall–Kier alpha value is -10.6. The van der Waals surface area contributed by atoms with Crippen molar-refractivity contribution in [2.75, 3.05) is 14.2 Å². The molecule has 508 valence electrons. The Morgan fingerprint density at radius 2 is 1.08 bits per heavy atom. The second kappa shape index (κ2) is 37.6. The summed E-state index contributed by atoms with van der Waals surface area (Å²) >= 11 is 0. The van der Waals surface area contributed by atoms with Crippen LogP contribution in [0.3, 0.4) is 0 Å². The topological polar surface area (TPSA) is 285 Å². The van der Waals surface area contributed by atoms with Crippen molar-refractivity contribution < 1.29 is 73.7 Å². The maximum atomic E-state index is 12.3. The van der Waals surface area contributed by atoms with Gasteiger partial charge < -0.3 is 24.3 Å². The van der Waals surface area contributed by atoms with Gasteiger partial charge in [-0.3, -0.25) is 28.3 Å². The van der Waals surface area contributed by atoms with E-state index in [1.807, 2.05) is 152 Å². The van der Waals surface area contributed by atoms with E-state index in [4.69, 9.17) is 19.2 Å². The number of methoxy groups -OCH3 is 2. The molecule has 11 rings (SSSR count). The third-order valence-electron chi connectivity index (χ3n) is 15.7. The van der Waals surface area contributed by atoms with Gasteiger partial charge in [0.2, 0.25) is 0 Å². The van der Waals surface area contributed by atoms with Gasteiger partial charge in [-0.2, -0.15) is 21.8 Å². The van der Waals surface area contributed by atoms with Crippen molar-refractivity contribution in [3.8, 4) is 22.5 Å². The van der Waals surface area contributed by atoms with E-state index in [2.05, 4.69) is 45.4 Å². The number of amides is 2. The second-order valence-corrected chi connectivity index (χ2v) is 25.6. The van der Waals surface area contributed by atoms with E-state index in [1.54, 1.807) is 48.5 Å². The maximum Gasteiger partial charge on any atom is 0.433 e. The first-order valence-electron chi connectivity index (χ1n) is 31.4. The van der Waals surface area contributed by atoms with Gasteiger partial charge in [0.15, 0.2) is 0 Å². The molecule has 0 spiro atoms. The first-order chi connectivity index (χ1) is 47.1. The highest BCUT2D eigenvalue weighted by Gasteiger charge is 2.42. The molecule has 1 heterocycles. The van der Waals surface area contributed by atoms with Crippen LogP contribution < -0.4 is 5.32 Å². The van der Waals surface area contributed by atoms with Crippen LogP contribution in [0.2, 0.25) is 0 Å². The lowest BCUT2D eigenvalue weighted by molar-refractivity contribution is -0.150. The second-order valence-electron chi connectivity index (χ2n) is 22.6. The summed E-state index contributed by atoms with van der Waals surface area (Å²) in [7, 11) is -6.54. The molecule has 9 aromatic rings. The van der Waals surface area contributed by atoms with Gasteiger partial charge in [-0.1, -0.05) is 218 Å². The summed E-state index contributed by atoms with van der Waals surface area (Å²) in [4.78, 5) is 76.2. The number of ketones is 2. The van der Waals surface area contributed by atoms with Crippen LogP contribution in [0.4, 0.5) is 9.59 Å². The number of aryl methyl sites for hydroxylation is 2. The van der Waals surface area contributed by atoms with Crippen molar-refractivity contribution in [3.05, 3.63) is 287 Å². The Morgan fingerprint density at radius 1 is 0.571 bits per heavy atom. The summed E-state index contributed by atoms with van der Waals surface area (Å²) in [6.45, 7) is 2.95. The van der Waals surface area contributed by atoms with Crippen molar-refractivity contribution >= 4 is 62.1 Å². The quantitative estimate of drug-likeness (QED) is 0.0251.